The second-order valence-electron chi connectivity index (χ2n) is 12.6. The number of guanidine groups is 1. The summed E-state index contributed by atoms with van der Waals surface area (Å²) in [4.78, 5) is 25.3. The quantitative estimate of drug-likeness (QED) is 0.168. The highest BCUT2D eigenvalue weighted by molar-refractivity contribution is 7.70. The number of aryl methyl sites for hydroxylation is 1. The summed E-state index contributed by atoms with van der Waals surface area (Å²) in [5.41, 5.74) is 5.03. The number of anilines is 3. The average Bonchev–Trinajstić information content (AvgIpc) is 3.06. The average molecular weight is 680 g/mol. The first kappa shape index (κ1) is 34.8. The molecule has 1 aromatic heterocycles. The van der Waals surface area contributed by atoms with Gasteiger partial charge in [0.25, 0.3) is 0 Å². The third kappa shape index (κ3) is 8.33. The molecule has 3 aromatic rings. The summed E-state index contributed by atoms with van der Waals surface area (Å²) in [6.45, 7) is 17.7. The second-order valence-corrected chi connectivity index (χ2v) is 16.3. The molecule has 2 saturated heterocycles. The van der Waals surface area contributed by atoms with E-state index in [1.54, 1.807) is 45.8 Å². The van der Waals surface area contributed by atoms with Crippen LogP contribution in [0.25, 0.3) is 11.0 Å². The maximum absolute atomic E-state index is 13.3. The van der Waals surface area contributed by atoms with Crippen molar-refractivity contribution < 1.29 is 9.30 Å². The van der Waals surface area contributed by atoms with Gasteiger partial charge in [-0.3, -0.25) is 14.9 Å². The number of piperidine rings is 1. The minimum absolute atomic E-state index is 0.229. The Morgan fingerprint density at radius 1 is 1.02 bits per heavy atom. The van der Waals surface area contributed by atoms with Gasteiger partial charge in [-0.25, -0.2) is 4.99 Å². The molecule has 0 atom stereocenters. The van der Waals surface area contributed by atoms with Crippen LogP contribution in [0, 0.1) is 0 Å². The van der Waals surface area contributed by atoms with Crippen LogP contribution in [-0.2, 0) is 11.0 Å². The van der Waals surface area contributed by atoms with Crippen molar-refractivity contribution in [3.63, 3.8) is 0 Å². The standard InChI is InChI=1S/C34H47ClN9O2P/c1-8-24-19-28(31(46-5)22-30(24)44-13-9-25(10-14-44)43-17-15-42(4)16-18-43)40-34(36-3)41-33(23(2)35)39-29-20-26-27(38-12-11-37-26)21-32(29)47(6,7)45/h11-12,19-22,25,39H,3,8-10,13-18H2,1-2,4-7H3,(H,40,41)/b33-23+. The number of aliphatic imine (C=N–C) groups is 2. The molecule has 0 amide bonds. The Hall–Kier alpha value is -3.50. The third-order valence-electron chi connectivity index (χ3n) is 9.00. The van der Waals surface area contributed by atoms with E-state index in [2.05, 4.69) is 73.1 Å². The molecule has 47 heavy (non-hydrogen) atoms. The van der Waals surface area contributed by atoms with Gasteiger partial charge in [-0.15, -0.1) is 0 Å². The number of piperazine rings is 1. The van der Waals surface area contributed by atoms with Gasteiger partial charge in [-0.05, 0) is 77.0 Å². The van der Waals surface area contributed by atoms with E-state index >= 15 is 0 Å². The van der Waals surface area contributed by atoms with E-state index in [0.717, 1.165) is 64.2 Å². The maximum atomic E-state index is 13.3. The Morgan fingerprint density at radius 2 is 1.68 bits per heavy atom. The first-order valence-electron chi connectivity index (χ1n) is 16.1. The zero-order valence-corrected chi connectivity index (χ0v) is 30.0. The van der Waals surface area contributed by atoms with Crippen LogP contribution in [0.3, 0.4) is 0 Å². The maximum Gasteiger partial charge on any atom is 0.228 e. The van der Waals surface area contributed by atoms with Crippen molar-refractivity contribution in [2.45, 2.75) is 39.2 Å². The molecular weight excluding hydrogens is 633 g/mol. The van der Waals surface area contributed by atoms with Gasteiger partial charge >= 0.3 is 0 Å². The number of ether oxygens (including phenoxy) is 1. The van der Waals surface area contributed by atoms with E-state index in [4.69, 9.17) is 21.3 Å². The fourth-order valence-corrected chi connectivity index (χ4v) is 7.53. The zero-order valence-electron chi connectivity index (χ0n) is 28.4. The molecule has 0 bridgehead atoms. The molecule has 2 N–H and O–H groups in total. The van der Waals surface area contributed by atoms with Crippen LogP contribution in [0.4, 0.5) is 17.1 Å². The summed E-state index contributed by atoms with van der Waals surface area (Å²) in [7, 11) is 1.16. The van der Waals surface area contributed by atoms with Gasteiger partial charge < -0.3 is 29.7 Å². The first-order chi connectivity index (χ1) is 22.5. The summed E-state index contributed by atoms with van der Waals surface area (Å²) < 4.78 is 19.2. The van der Waals surface area contributed by atoms with E-state index < -0.39 is 7.14 Å². The van der Waals surface area contributed by atoms with E-state index in [1.807, 2.05) is 6.07 Å². The highest BCUT2D eigenvalue weighted by Crippen LogP contribution is 2.40. The van der Waals surface area contributed by atoms with Crippen LogP contribution in [-0.4, -0.2) is 105 Å². The Kier molecular flexibility index (Phi) is 11.2. The molecule has 5 rings (SSSR count). The number of rotatable bonds is 9. The summed E-state index contributed by atoms with van der Waals surface area (Å²) in [5, 5.41) is 7.59. The third-order valence-corrected chi connectivity index (χ3v) is 10.7. The van der Waals surface area contributed by atoms with Crippen molar-refractivity contribution in [3.8, 4) is 5.75 Å². The summed E-state index contributed by atoms with van der Waals surface area (Å²) in [6, 6.07) is 8.48. The molecule has 0 saturated carbocycles. The number of likely N-dealkylation sites (N-methyl/N-ethyl adjacent to an activating group) is 1. The van der Waals surface area contributed by atoms with Gasteiger partial charge in [0.2, 0.25) is 5.96 Å². The molecule has 11 nitrogen and oxygen atoms in total. The lowest BCUT2D eigenvalue weighted by Gasteiger charge is -2.43. The smallest absolute Gasteiger partial charge is 0.228 e. The Labute approximate surface area is 283 Å². The van der Waals surface area contributed by atoms with Crippen molar-refractivity contribution in [3.05, 3.63) is 53.1 Å². The van der Waals surface area contributed by atoms with Crippen LogP contribution in [0.1, 0.15) is 32.3 Å². The Bertz CT molecular complexity index is 1700. The highest BCUT2D eigenvalue weighted by atomic mass is 35.5. The molecule has 13 heteroatoms. The minimum Gasteiger partial charge on any atom is -0.494 e. The fraction of sp³-hybridized carbons (Fsp3) is 0.471. The minimum atomic E-state index is -2.71. The number of allylic oxidation sites excluding steroid dienone is 1. The summed E-state index contributed by atoms with van der Waals surface area (Å²) in [5.74, 6) is 1.24. The number of nitrogens with one attached hydrogen (secondary N) is 2. The number of hydrogen-bond acceptors (Lipinski definition) is 9. The number of nitrogens with zero attached hydrogens (tertiary/aromatic N) is 7. The van der Waals surface area contributed by atoms with E-state index in [-0.39, 0.29) is 5.96 Å². The molecule has 0 unspecified atom stereocenters. The SMILES string of the molecule is C=N/C(=N\C(Nc1cc2nccnc2cc1P(C)(C)=O)=C(/C)Cl)Nc1cc(CC)c(N2CCC(N3CCN(C)CC3)CC2)cc1OC. The van der Waals surface area contributed by atoms with Crippen LogP contribution in [0.2, 0.25) is 0 Å². The zero-order chi connectivity index (χ0) is 33.7. The van der Waals surface area contributed by atoms with Gasteiger partial charge in [0.1, 0.15) is 18.7 Å². The molecule has 252 valence electrons. The largest absolute Gasteiger partial charge is 0.494 e. The van der Waals surface area contributed by atoms with Crippen LogP contribution in [0.15, 0.2) is 57.5 Å². The molecule has 0 radical (unpaired) electrons. The second kappa shape index (κ2) is 15.2. The number of halogens is 1. The van der Waals surface area contributed by atoms with E-state index in [0.29, 0.717) is 44.7 Å². The first-order valence-corrected chi connectivity index (χ1v) is 19.1. The molecule has 2 aliphatic heterocycles. The fourth-order valence-electron chi connectivity index (χ4n) is 6.31. The lowest BCUT2D eigenvalue weighted by Crippen LogP contribution is -2.52. The van der Waals surface area contributed by atoms with Crippen molar-refractivity contribution in [1.82, 2.24) is 19.8 Å². The lowest BCUT2D eigenvalue weighted by atomic mass is 9.99. The van der Waals surface area contributed by atoms with Crippen LogP contribution < -0.4 is 25.6 Å². The van der Waals surface area contributed by atoms with Crippen LogP contribution in [0.5, 0.6) is 5.75 Å². The van der Waals surface area contributed by atoms with Gasteiger partial charge in [0.15, 0.2) is 0 Å². The number of aromatic nitrogens is 2. The lowest BCUT2D eigenvalue weighted by molar-refractivity contribution is 0.0982. The Morgan fingerprint density at radius 3 is 2.26 bits per heavy atom. The number of benzene rings is 2. The molecule has 2 fully saturated rings. The highest BCUT2D eigenvalue weighted by Gasteiger charge is 2.28. The molecule has 3 heterocycles. The molecule has 2 aromatic carbocycles. The van der Waals surface area contributed by atoms with Crippen molar-refractivity contribution in [2.75, 3.05) is 82.3 Å². The van der Waals surface area contributed by atoms with Gasteiger partial charge in [0.05, 0.1) is 34.6 Å². The molecular formula is C34H47ClN9O2P. The predicted octanol–water partition coefficient (Wildman–Crippen LogP) is 5.67. The Balaban J connectivity index is 1.38. The van der Waals surface area contributed by atoms with Crippen molar-refractivity contribution in [1.29, 1.82) is 0 Å². The molecule has 0 aliphatic carbocycles. The van der Waals surface area contributed by atoms with E-state index in [1.165, 1.54) is 11.3 Å². The normalized spacial score (nSPS) is 17.9. The summed E-state index contributed by atoms with van der Waals surface area (Å²) in [6.07, 6.45) is 6.40. The van der Waals surface area contributed by atoms with E-state index in [9.17, 15) is 4.57 Å². The molecule has 2 aliphatic rings. The topological polar surface area (TPSA) is 111 Å². The number of fused-ring (bicyclic) bond motifs is 1. The number of methoxy groups -OCH3 is 1. The van der Waals surface area contributed by atoms with Crippen molar-refractivity contribution >= 4 is 64.8 Å². The monoisotopic (exact) mass is 679 g/mol. The number of hydrogen-bond donors (Lipinski definition) is 2. The van der Waals surface area contributed by atoms with Crippen LogP contribution >= 0.6 is 18.7 Å². The van der Waals surface area contributed by atoms with Gasteiger partial charge in [-0.1, -0.05) is 18.5 Å². The predicted molar refractivity (Wildman–Crippen MR) is 198 cm³/mol. The van der Waals surface area contributed by atoms with Gasteiger partial charge in [-0.2, -0.15) is 4.99 Å². The molecule has 0 spiro atoms. The summed E-state index contributed by atoms with van der Waals surface area (Å²) >= 11 is 6.55. The van der Waals surface area contributed by atoms with Gasteiger partial charge in [0, 0.05) is 74.8 Å². The van der Waals surface area contributed by atoms with Crippen molar-refractivity contribution in [2.24, 2.45) is 9.98 Å².